The number of nitrogens with zero attached hydrogens (tertiary/aromatic N) is 1. The Morgan fingerprint density at radius 2 is 1.96 bits per heavy atom. The standard InChI is InChI=1S/C17H20N2O6S/c1-11-8-14(19-25-11)10-26(21,22)12(2)17(20)18-13-4-5-15-16(9-13)24-7-3-6-23-15/h4-5,8-9,12H,3,6-7,10H2,1-2H3,(H,18,20)/t12-/m0/s1. The van der Waals surface area contributed by atoms with Crippen LogP contribution in [-0.4, -0.2) is 37.9 Å². The molecule has 0 fully saturated rings. The van der Waals surface area contributed by atoms with Crippen molar-refractivity contribution in [1.29, 1.82) is 0 Å². The van der Waals surface area contributed by atoms with Gasteiger partial charge in [0.1, 0.15) is 11.0 Å². The SMILES string of the molecule is Cc1cc(CS(=O)(=O)[C@@H](C)C(=O)Nc2ccc3c(c2)OCCCO3)no1. The monoisotopic (exact) mass is 380 g/mol. The molecule has 1 aliphatic heterocycles. The van der Waals surface area contributed by atoms with Crippen LogP contribution in [0.1, 0.15) is 24.8 Å². The fraction of sp³-hybridized carbons (Fsp3) is 0.412. The lowest BCUT2D eigenvalue weighted by molar-refractivity contribution is -0.115. The maximum absolute atomic E-state index is 12.4. The molecule has 0 radical (unpaired) electrons. The van der Waals surface area contributed by atoms with Crippen LogP contribution in [0.4, 0.5) is 5.69 Å². The molecule has 1 atom stereocenters. The van der Waals surface area contributed by atoms with Gasteiger partial charge in [-0.15, -0.1) is 0 Å². The Balaban J connectivity index is 1.69. The molecule has 3 rings (SSSR count). The van der Waals surface area contributed by atoms with Gasteiger partial charge in [0, 0.05) is 24.2 Å². The van der Waals surface area contributed by atoms with Crippen LogP contribution in [0.3, 0.4) is 0 Å². The number of anilines is 1. The van der Waals surface area contributed by atoms with Gasteiger partial charge in [-0.3, -0.25) is 4.79 Å². The van der Waals surface area contributed by atoms with Gasteiger partial charge in [-0.25, -0.2) is 8.42 Å². The van der Waals surface area contributed by atoms with E-state index in [1.165, 1.54) is 13.0 Å². The van der Waals surface area contributed by atoms with E-state index in [0.29, 0.717) is 36.2 Å². The third-order valence-corrected chi connectivity index (χ3v) is 5.94. The first-order valence-electron chi connectivity index (χ1n) is 8.19. The average Bonchev–Trinajstić information content (AvgIpc) is 2.85. The zero-order valence-corrected chi connectivity index (χ0v) is 15.3. The molecule has 0 bridgehead atoms. The number of nitrogens with one attached hydrogen (secondary N) is 1. The Labute approximate surface area is 151 Å². The summed E-state index contributed by atoms with van der Waals surface area (Å²) in [6.45, 7) is 4.10. The van der Waals surface area contributed by atoms with Crippen LogP contribution in [0.2, 0.25) is 0 Å². The molecule has 26 heavy (non-hydrogen) atoms. The summed E-state index contributed by atoms with van der Waals surface area (Å²) in [6.07, 6.45) is 0.771. The maximum atomic E-state index is 12.4. The minimum absolute atomic E-state index is 0.276. The minimum atomic E-state index is -3.73. The zero-order valence-electron chi connectivity index (χ0n) is 14.5. The number of hydrogen-bond acceptors (Lipinski definition) is 7. The van der Waals surface area contributed by atoms with E-state index in [0.717, 1.165) is 6.42 Å². The number of fused-ring (bicyclic) bond motifs is 1. The molecule has 0 aliphatic carbocycles. The van der Waals surface area contributed by atoms with Crippen LogP contribution in [0.15, 0.2) is 28.8 Å². The van der Waals surface area contributed by atoms with Crippen LogP contribution in [-0.2, 0) is 20.4 Å². The van der Waals surface area contributed by atoms with Crippen molar-refractivity contribution in [3.63, 3.8) is 0 Å². The minimum Gasteiger partial charge on any atom is -0.490 e. The molecule has 8 nitrogen and oxygen atoms in total. The van der Waals surface area contributed by atoms with E-state index in [9.17, 15) is 13.2 Å². The van der Waals surface area contributed by atoms with Gasteiger partial charge in [0.05, 0.1) is 24.7 Å². The molecule has 0 unspecified atom stereocenters. The van der Waals surface area contributed by atoms with Gasteiger partial charge in [-0.05, 0) is 26.0 Å². The number of benzene rings is 1. The first-order chi connectivity index (χ1) is 12.3. The van der Waals surface area contributed by atoms with Gasteiger partial charge in [0.2, 0.25) is 5.91 Å². The molecule has 1 aliphatic rings. The maximum Gasteiger partial charge on any atom is 0.242 e. The molecule has 0 spiro atoms. The van der Waals surface area contributed by atoms with Crippen molar-refractivity contribution in [3.8, 4) is 11.5 Å². The Hall–Kier alpha value is -2.55. The highest BCUT2D eigenvalue weighted by atomic mass is 32.2. The van der Waals surface area contributed by atoms with E-state index < -0.39 is 21.0 Å². The van der Waals surface area contributed by atoms with E-state index in [4.69, 9.17) is 14.0 Å². The molecule has 140 valence electrons. The second-order valence-corrected chi connectivity index (χ2v) is 8.40. The molecule has 0 saturated heterocycles. The number of aromatic nitrogens is 1. The molecule has 0 saturated carbocycles. The lowest BCUT2D eigenvalue weighted by Gasteiger charge is -2.14. The van der Waals surface area contributed by atoms with Crippen LogP contribution in [0.25, 0.3) is 0 Å². The predicted octanol–water partition coefficient (Wildman–Crippen LogP) is 2.09. The highest BCUT2D eigenvalue weighted by Gasteiger charge is 2.29. The highest BCUT2D eigenvalue weighted by molar-refractivity contribution is 7.92. The van der Waals surface area contributed by atoms with Crippen molar-refractivity contribution in [1.82, 2.24) is 5.16 Å². The lowest BCUT2D eigenvalue weighted by atomic mass is 10.2. The highest BCUT2D eigenvalue weighted by Crippen LogP contribution is 2.32. The van der Waals surface area contributed by atoms with E-state index >= 15 is 0 Å². The van der Waals surface area contributed by atoms with Crippen molar-refractivity contribution in [3.05, 3.63) is 35.7 Å². The fourth-order valence-electron chi connectivity index (χ4n) is 2.47. The normalized spacial score (nSPS) is 15.2. The summed E-state index contributed by atoms with van der Waals surface area (Å²) in [5.74, 6) is 0.649. The summed E-state index contributed by atoms with van der Waals surface area (Å²) in [6, 6.07) is 6.49. The Morgan fingerprint density at radius 1 is 1.23 bits per heavy atom. The zero-order chi connectivity index (χ0) is 18.7. The van der Waals surface area contributed by atoms with E-state index in [2.05, 4.69) is 10.5 Å². The van der Waals surface area contributed by atoms with E-state index in [1.54, 1.807) is 25.1 Å². The number of aryl methyl sites for hydroxylation is 1. The van der Waals surface area contributed by atoms with Crippen LogP contribution in [0, 0.1) is 6.92 Å². The molecule has 1 aromatic heterocycles. The summed E-state index contributed by atoms with van der Waals surface area (Å²) < 4.78 is 40.8. The Bertz CT molecular complexity index is 906. The fourth-order valence-corrected chi connectivity index (χ4v) is 3.65. The van der Waals surface area contributed by atoms with Gasteiger partial charge in [0.15, 0.2) is 21.3 Å². The van der Waals surface area contributed by atoms with Crippen molar-refractivity contribution in [2.45, 2.75) is 31.3 Å². The first-order valence-corrected chi connectivity index (χ1v) is 9.91. The van der Waals surface area contributed by atoms with Crippen molar-refractivity contribution in [2.24, 2.45) is 0 Å². The number of hydrogen-bond donors (Lipinski definition) is 1. The number of amides is 1. The largest absolute Gasteiger partial charge is 0.490 e. The molecule has 1 amide bonds. The summed E-state index contributed by atoms with van der Waals surface area (Å²) >= 11 is 0. The molecule has 1 N–H and O–H groups in total. The van der Waals surface area contributed by atoms with Crippen LogP contribution < -0.4 is 14.8 Å². The van der Waals surface area contributed by atoms with Crippen molar-refractivity contribution >= 4 is 21.4 Å². The topological polar surface area (TPSA) is 108 Å². The average molecular weight is 380 g/mol. The molecule has 1 aromatic carbocycles. The number of sulfone groups is 1. The first kappa shape index (κ1) is 18.2. The number of carbonyl (C=O) groups is 1. The Kier molecular flexibility index (Phi) is 5.17. The number of carbonyl (C=O) groups excluding carboxylic acids is 1. The third-order valence-electron chi connectivity index (χ3n) is 3.95. The van der Waals surface area contributed by atoms with Gasteiger partial charge in [0.25, 0.3) is 0 Å². The second-order valence-electron chi connectivity index (χ2n) is 6.08. The van der Waals surface area contributed by atoms with Gasteiger partial charge < -0.3 is 19.3 Å². The van der Waals surface area contributed by atoms with Crippen LogP contribution in [0.5, 0.6) is 11.5 Å². The van der Waals surface area contributed by atoms with Crippen molar-refractivity contribution < 1.29 is 27.2 Å². The molecule has 2 heterocycles. The summed E-state index contributed by atoms with van der Waals surface area (Å²) in [7, 11) is -3.73. The summed E-state index contributed by atoms with van der Waals surface area (Å²) in [4.78, 5) is 12.4. The van der Waals surface area contributed by atoms with Crippen molar-refractivity contribution in [2.75, 3.05) is 18.5 Å². The number of ether oxygens (including phenoxy) is 2. The third kappa shape index (κ3) is 4.16. The summed E-state index contributed by atoms with van der Waals surface area (Å²) in [5, 5.41) is 5.04. The quantitative estimate of drug-likeness (QED) is 0.846. The van der Waals surface area contributed by atoms with Gasteiger partial charge >= 0.3 is 0 Å². The van der Waals surface area contributed by atoms with Crippen LogP contribution >= 0.6 is 0 Å². The van der Waals surface area contributed by atoms with E-state index in [-0.39, 0.29) is 11.4 Å². The van der Waals surface area contributed by atoms with E-state index in [1.807, 2.05) is 0 Å². The molecular formula is C17H20N2O6S. The predicted molar refractivity (Wildman–Crippen MR) is 94.0 cm³/mol. The smallest absolute Gasteiger partial charge is 0.242 e. The molecule has 9 heteroatoms. The second kappa shape index (κ2) is 7.36. The summed E-state index contributed by atoms with van der Waals surface area (Å²) in [5.41, 5.74) is 0.719. The molecule has 2 aromatic rings. The molecular weight excluding hydrogens is 360 g/mol. The van der Waals surface area contributed by atoms with Gasteiger partial charge in [-0.1, -0.05) is 5.16 Å². The lowest BCUT2D eigenvalue weighted by Crippen LogP contribution is -2.33. The Morgan fingerprint density at radius 3 is 2.65 bits per heavy atom. The van der Waals surface area contributed by atoms with Gasteiger partial charge in [-0.2, -0.15) is 0 Å². The number of rotatable bonds is 5.